The number of rotatable bonds is 3. The summed E-state index contributed by atoms with van der Waals surface area (Å²) in [5, 5.41) is 0. The van der Waals surface area contributed by atoms with Gasteiger partial charge in [-0.3, -0.25) is 4.79 Å². The molecular formula is C13H17NO. The van der Waals surface area contributed by atoms with Crippen molar-refractivity contribution < 1.29 is 4.79 Å². The zero-order chi connectivity index (χ0) is 10.7. The first-order valence-electron chi connectivity index (χ1n) is 5.59. The average molecular weight is 203 g/mol. The summed E-state index contributed by atoms with van der Waals surface area (Å²) in [6.45, 7) is 0. The van der Waals surface area contributed by atoms with Gasteiger partial charge in [0.15, 0.2) is 0 Å². The number of primary amides is 1. The van der Waals surface area contributed by atoms with E-state index in [9.17, 15) is 4.79 Å². The summed E-state index contributed by atoms with van der Waals surface area (Å²) in [5.41, 5.74) is 6.62. The van der Waals surface area contributed by atoms with Gasteiger partial charge in [0.05, 0.1) is 0 Å². The van der Waals surface area contributed by atoms with Crippen LogP contribution in [0.25, 0.3) is 0 Å². The van der Waals surface area contributed by atoms with Crippen molar-refractivity contribution >= 4 is 5.91 Å². The highest BCUT2D eigenvalue weighted by Crippen LogP contribution is 2.39. The minimum Gasteiger partial charge on any atom is -0.370 e. The van der Waals surface area contributed by atoms with E-state index in [1.54, 1.807) is 0 Å². The summed E-state index contributed by atoms with van der Waals surface area (Å²) in [6.07, 6.45) is 4.01. The minimum absolute atomic E-state index is 0.159. The molecule has 2 heteroatoms. The fourth-order valence-electron chi connectivity index (χ4n) is 2.57. The Morgan fingerprint density at radius 3 is 2.67 bits per heavy atom. The smallest absolute Gasteiger partial charge is 0.217 e. The Labute approximate surface area is 90.5 Å². The Balaban J connectivity index is 1.96. The number of hydrogen-bond donors (Lipinski definition) is 1. The van der Waals surface area contributed by atoms with Crippen molar-refractivity contribution in [3.8, 4) is 0 Å². The third-order valence-corrected chi connectivity index (χ3v) is 3.30. The van der Waals surface area contributed by atoms with Gasteiger partial charge in [0.1, 0.15) is 0 Å². The molecule has 1 amide bonds. The zero-order valence-electron chi connectivity index (χ0n) is 8.86. The van der Waals surface area contributed by atoms with Crippen LogP contribution in [0.4, 0.5) is 0 Å². The molecule has 80 valence electrons. The molecule has 0 aliphatic heterocycles. The van der Waals surface area contributed by atoms with E-state index in [4.69, 9.17) is 5.73 Å². The third-order valence-electron chi connectivity index (χ3n) is 3.30. The molecule has 2 atom stereocenters. The first kappa shape index (κ1) is 10.2. The van der Waals surface area contributed by atoms with Crippen LogP contribution in [0.15, 0.2) is 30.3 Å². The highest BCUT2D eigenvalue weighted by atomic mass is 16.1. The van der Waals surface area contributed by atoms with Gasteiger partial charge in [-0.15, -0.1) is 0 Å². The predicted octanol–water partition coefficient (Wildman–Crippen LogP) is 2.45. The Kier molecular flexibility index (Phi) is 3.05. The maximum atomic E-state index is 10.8. The molecule has 2 N–H and O–H groups in total. The predicted molar refractivity (Wildman–Crippen MR) is 60.3 cm³/mol. The van der Waals surface area contributed by atoms with E-state index in [1.807, 2.05) is 6.07 Å². The maximum Gasteiger partial charge on any atom is 0.217 e. The molecular weight excluding hydrogens is 186 g/mol. The van der Waals surface area contributed by atoms with Gasteiger partial charge in [0, 0.05) is 6.42 Å². The Bertz CT molecular complexity index is 334. The van der Waals surface area contributed by atoms with Crippen LogP contribution < -0.4 is 5.73 Å². The second-order valence-corrected chi connectivity index (χ2v) is 4.46. The van der Waals surface area contributed by atoms with Gasteiger partial charge in [-0.05, 0) is 36.7 Å². The van der Waals surface area contributed by atoms with Crippen LogP contribution in [0, 0.1) is 5.92 Å². The van der Waals surface area contributed by atoms with Crippen LogP contribution in [0.5, 0.6) is 0 Å². The molecule has 1 saturated carbocycles. The highest BCUT2D eigenvalue weighted by Gasteiger charge is 2.26. The fraction of sp³-hybridized carbons (Fsp3) is 0.462. The monoisotopic (exact) mass is 203 g/mol. The molecule has 0 aromatic heterocycles. The van der Waals surface area contributed by atoms with E-state index in [1.165, 1.54) is 12.0 Å². The van der Waals surface area contributed by atoms with E-state index in [0.29, 0.717) is 18.3 Å². The maximum absolute atomic E-state index is 10.8. The molecule has 0 spiro atoms. The van der Waals surface area contributed by atoms with Gasteiger partial charge in [-0.25, -0.2) is 0 Å². The molecule has 2 nitrogen and oxygen atoms in total. The van der Waals surface area contributed by atoms with Crippen LogP contribution >= 0.6 is 0 Å². The molecule has 0 heterocycles. The molecule has 1 aromatic carbocycles. The van der Waals surface area contributed by atoms with Crippen molar-refractivity contribution in [2.24, 2.45) is 11.7 Å². The first-order valence-corrected chi connectivity index (χ1v) is 5.59. The van der Waals surface area contributed by atoms with Crippen LogP contribution in [0.2, 0.25) is 0 Å². The Morgan fingerprint density at radius 1 is 1.27 bits per heavy atom. The van der Waals surface area contributed by atoms with Gasteiger partial charge in [0.25, 0.3) is 0 Å². The summed E-state index contributed by atoms with van der Waals surface area (Å²) < 4.78 is 0. The number of nitrogens with two attached hydrogens (primary N) is 1. The molecule has 1 fully saturated rings. The quantitative estimate of drug-likeness (QED) is 0.805. The Morgan fingerprint density at radius 2 is 2.00 bits per heavy atom. The normalized spacial score (nSPS) is 25.3. The average Bonchev–Trinajstić information content (AvgIpc) is 2.67. The standard InChI is InChI=1S/C13H17NO/c14-13(15)9-10-6-7-12(8-10)11-4-2-1-3-5-11/h1-5,10,12H,6-9H2,(H2,14,15). The zero-order valence-corrected chi connectivity index (χ0v) is 8.86. The van der Waals surface area contributed by atoms with E-state index in [2.05, 4.69) is 24.3 Å². The SMILES string of the molecule is NC(=O)CC1CCC(c2ccccc2)C1. The van der Waals surface area contributed by atoms with Crippen molar-refractivity contribution in [3.63, 3.8) is 0 Å². The molecule has 1 aliphatic rings. The topological polar surface area (TPSA) is 43.1 Å². The van der Waals surface area contributed by atoms with E-state index in [-0.39, 0.29) is 5.91 Å². The number of amides is 1. The summed E-state index contributed by atoms with van der Waals surface area (Å²) in [6, 6.07) is 10.6. The van der Waals surface area contributed by atoms with Gasteiger partial charge >= 0.3 is 0 Å². The van der Waals surface area contributed by atoms with Crippen molar-refractivity contribution in [1.29, 1.82) is 0 Å². The summed E-state index contributed by atoms with van der Waals surface area (Å²) in [4.78, 5) is 10.8. The van der Waals surface area contributed by atoms with Crippen LogP contribution in [-0.4, -0.2) is 5.91 Å². The van der Waals surface area contributed by atoms with E-state index in [0.717, 1.165) is 12.8 Å². The lowest BCUT2D eigenvalue weighted by Gasteiger charge is -2.10. The molecule has 2 rings (SSSR count). The summed E-state index contributed by atoms with van der Waals surface area (Å²) in [7, 11) is 0. The second kappa shape index (κ2) is 4.47. The van der Waals surface area contributed by atoms with Crippen LogP contribution in [-0.2, 0) is 4.79 Å². The van der Waals surface area contributed by atoms with Gasteiger partial charge in [0.2, 0.25) is 5.91 Å². The van der Waals surface area contributed by atoms with Crippen molar-refractivity contribution in [3.05, 3.63) is 35.9 Å². The molecule has 0 bridgehead atoms. The lowest BCUT2D eigenvalue weighted by molar-refractivity contribution is -0.118. The van der Waals surface area contributed by atoms with Crippen LogP contribution in [0.3, 0.4) is 0 Å². The highest BCUT2D eigenvalue weighted by molar-refractivity contribution is 5.74. The summed E-state index contributed by atoms with van der Waals surface area (Å²) in [5.74, 6) is 0.983. The number of carbonyl (C=O) groups is 1. The largest absolute Gasteiger partial charge is 0.370 e. The summed E-state index contributed by atoms with van der Waals surface area (Å²) >= 11 is 0. The number of benzene rings is 1. The molecule has 1 aliphatic carbocycles. The lowest BCUT2D eigenvalue weighted by Crippen LogP contribution is -2.14. The third kappa shape index (κ3) is 2.58. The second-order valence-electron chi connectivity index (χ2n) is 4.46. The van der Waals surface area contributed by atoms with Gasteiger partial charge in [-0.1, -0.05) is 30.3 Å². The lowest BCUT2D eigenvalue weighted by atomic mass is 9.95. The fourth-order valence-corrected chi connectivity index (χ4v) is 2.57. The van der Waals surface area contributed by atoms with Crippen molar-refractivity contribution in [1.82, 2.24) is 0 Å². The van der Waals surface area contributed by atoms with E-state index >= 15 is 0 Å². The minimum atomic E-state index is -0.159. The number of hydrogen-bond acceptors (Lipinski definition) is 1. The van der Waals surface area contributed by atoms with Crippen LogP contribution in [0.1, 0.15) is 37.2 Å². The van der Waals surface area contributed by atoms with Crippen molar-refractivity contribution in [2.75, 3.05) is 0 Å². The molecule has 0 radical (unpaired) electrons. The Hall–Kier alpha value is -1.31. The first-order chi connectivity index (χ1) is 7.25. The molecule has 15 heavy (non-hydrogen) atoms. The molecule has 1 aromatic rings. The molecule has 2 unspecified atom stereocenters. The van der Waals surface area contributed by atoms with Gasteiger partial charge in [-0.2, -0.15) is 0 Å². The number of carbonyl (C=O) groups excluding carboxylic acids is 1. The van der Waals surface area contributed by atoms with E-state index < -0.39 is 0 Å². The van der Waals surface area contributed by atoms with Crippen molar-refractivity contribution in [2.45, 2.75) is 31.6 Å². The molecule has 0 saturated heterocycles. The van der Waals surface area contributed by atoms with Gasteiger partial charge < -0.3 is 5.73 Å².